The van der Waals surface area contributed by atoms with Gasteiger partial charge in [-0.2, -0.15) is 0 Å². The molecule has 0 amide bonds. The number of carbonyl (C=O) groups is 1. The molecule has 0 radical (unpaired) electrons. The van der Waals surface area contributed by atoms with Gasteiger partial charge in [0.25, 0.3) is 0 Å². The lowest BCUT2D eigenvalue weighted by Gasteiger charge is -2.38. The zero-order chi connectivity index (χ0) is 30.3. The SMILES string of the molecule is C[C@@H](c1ncncc1F)[C@](O)(CN1C=NCN1)c1ccc(F)cc1-c1ncncc1F.O=C(O)C(O)c1ccccc1. The Kier molecular flexibility index (Phi) is 9.52. The summed E-state index contributed by atoms with van der Waals surface area (Å²) in [5.74, 6) is -4.33. The monoisotopic (exact) mass is 581 g/mol. The summed E-state index contributed by atoms with van der Waals surface area (Å²) in [6, 6.07) is 11.8. The molecule has 2 aromatic heterocycles. The van der Waals surface area contributed by atoms with Crippen LogP contribution in [0.1, 0.15) is 35.8 Å². The Balaban J connectivity index is 0.000000310. The molecule has 1 aliphatic heterocycles. The third kappa shape index (κ3) is 6.74. The number of hydrogen-bond donors (Lipinski definition) is 4. The Morgan fingerprint density at radius 1 is 1.05 bits per heavy atom. The van der Waals surface area contributed by atoms with E-state index in [1.807, 2.05) is 0 Å². The molecule has 42 heavy (non-hydrogen) atoms. The topological polar surface area (TPSA) is 157 Å². The highest BCUT2D eigenvalue weighted by molar-refractivity contribution is 5.73. The highest BCUT2D eigenvalue weighted by Gasteiger charge is 2.43. The van der Waals surface area contributed by atoms with Gasteiger partial charge in [-0.15, -0.1) is 0 Å². The molecule has 0 saturated carbocycles. The van der Waals surface area contributed by atoms with E-state index in [0.29, 0.717) is 12.2 Å². The van der Waals surface area contributed by atoms with Crippen molar-refractivity contribution in [2.75, 3.05) is 13.2 Å². The summed E-state index contributed by atoms with van der Waals surface area (Å²) in [4.78, 5) is 29.5. The van der Waals surface area contributed by atoms with Crippen molar-refractivity contribution < 1.29 is 33.3 Å². The van der Waals surface area contributed by atoms with Crippen molar-refractivity contribution in [1.82, 2.24) is 30.4 Å². The molecule has 11 nitrogen and oxygen atoms in total. The number of aliphatic hydroxyl groups is 2. The first-order valence-corrected chi connectivity index (χ1v) is 12.5. The molecule has 14 heteroatoms. The average Bonchev–Trinajstić information content (AvgIpc) is 3.50. The molecule has 4 N–H and O–H groups in total. The number of carboxylic acid groups (broad SMARTS) is 1. The van der Waals surface area contributed by atoms with Crippen LogP contribution in [0.2, 0.25) is 0 Å². The molecule has 0 fully saturated rings. The van der Waals surface area contributed by atoms with E-state index in [2.05, 4.69) is 30.4 Å². The number of nitrogens with zero attached hydrogens (tertiary/aromatic N) is 6. The van der Waals surface area contributed by atoms with Gasteiger partial charge in [-0.05, 0) is 23.3 Å². The minimum Gasteiger partial charge on any atom is -0.479 e. The summed E-state index contributed by atoms with van der Waals surface area (Å²) in [6.45, 7) is 1.75. The Morgan fingerprint density at radius 3 is 2.36 bits per heavy atom. The first kappa shape index (κ1) is 30.2. The maximum atomic E-state index is 14.5. The zero-order valence-corrected chi connectivity index (χ0v) is 22.1. The molecule has 1 unspecified atom stereocenters. The third-order valence-corrected chi connectivity index (χ3v) is 6.54. The van der Waals surface area contributed by atoms with E-state index in [1.165, 1.54) is 23.7 Å². The van der Waals surface area contributed by atoms with Gasteiger partial charge in [0.1, 0.15) is 42.8 Å². The standard InChI is InChI=1S/C20H18F3N7O.C8H8O3/c1-12(18-16(22)5-24-8-27-18)20(31,7-30-11-26-10-29-30)15-3-2-13(21)4-14(15)19-17(23)6-25-9-28-19;9-7(8(10)11)6-4-2-1-3-5-6/h2-6,8-9,11-12,29,31H,7,10H2,1H3;1-5,7,9H,(H,10,11)/t12-,20+;/m0./s1. The largest absolute Gasteiger partial charge is 0.479 e. The van der Waals surface area contributed by atoms with Gasteiger partial charge >= 0.3 is 5.97 Å². The minimum absolute atomic E-state index is 0.0138. The number of β-amino-alcohol motifs (C(OH)–C–C–N with tert-alkyl or cyclic N) is 1. The van der Waals surface area contributed by atoms with E-state index in [-0.39, 0.29) is 29.1 Å². The maximum Gasteiger partial charge on any atom is 0.337 e. The van der Waals surface area contributed by atoms with Crippen molar-refractivity contribution in [2.45, 2.75) is 24.5 Å². The lowest BCUT2D eigenvalue weighted by Crippen LogP contribution is -2.47. The van der Waals surface area contributed by atoms with Gasteiger partial charge in [0.05, 0.1) is 24.6 Å². The van der Waals surface area contributed by atoms with Gasteiger partial charge in [0, 0.05) is 11.5 Å². The van der Waals surface area contributed by atoms with Crippen LogP contribution in [-0.4, -0.2) is 65.8 Å². The lowest BCUT2D eigenvalue weighted by molar-refractivity contribution is -0.146. The summed E-state index contributed by atoms with van der Waals surface area (Å²) in [7, 11) is 0. The van der Waals surface area contributed by atoms with Gasteiger partial charge in [-0.3, -0.25) is 10.0 Å². The zero-order valence-electron chi connectivity index (χ0n) is 22.1. The van der Waals surface area contributed by atoms with Crippen LogP contribution in [0.3, 0.4) is 0 Å². The van der Waals surface area contributed by atoms with E-state index in [4.69, 9.17) is 10.2 Å². The molecule has 0 aliphatic carbocycles. The normalized spacial score (nSPS) is 15.3. The Labute approximate surface area is 238 Å². The molecule has 0 spiro atoms. The number of hydrazine groups is 1. The number of rotatable bonds is 8. The van der Waals surface area contributed by atoms with Crippen LogP contribution < -0.4 is 5.43 Å². The van der Waals surface area contributed by atoms with Crippen molar-refractivity contribution >= 4 is 12.3 Å². The Hall–Kier alpha value is -4.79. The molecule has 3 atom stereocenters. The number of aliphatic carboxylic acids is 1. The van der Waals surface area contributed by atoms with Crippen LogP contribution in [0.4, 0.5) is 13.2 Å². The quantitative estimate of drug-likeness (QED) is 0.244. The van der Waals surface area contributed by atoms with Crippen molar-refractivity contribution in [3.05, 3.63) is 108 Å². The molecular weight excluding hydrogens is 555 g/mol. The molecule has 0 saturated heterocycles. The van der Waals surface area contributed by atoms with E-state index >= 15 is 0 Å². The number of benzene rings is 2. The molecule has 4 aromatic rings. The average molecular weight is 582 g/mol. The molecule has 3 heterocycles. The Morgan fingerprint density at radius 2 is 1.74 bits per heavy atom. The van der Waals surface area contributed by atoms with Crippen molar-refractivity contribution in [2.24, 2.45) is 4.99 Å². The van der Waals surface area contributed by atoms with Crippen LogP contribution in [0.25, 0.3) is 11.3 Å². The summed E-state index contributed by atoms with van der Waals surface area (Å²) < 4.78 is 43.2. The highest BCUT2D eigenvalue weighted by atomic mass is 19.1. The number of aliphatic hydroxyl groups excluding tert-OH is 1. The first-order chi connectivity index (χ1) is 20.1. The smallest absolute Gasteiger partial charge is 0.337 e. The molecule has 2 aromatic carbocycles. The minimum atomic E-state index is -1.86. The predicted octanol–water partition coefficient (Wildman–Crippen LogP) is 2.95. The molecule has 218 valence electrons. The summed E-state index contributed by atoms with van der Waals surface area (Å²) in [6.07, 6.45) is 4.29. The number of nitrogens with one attached hydrogen (secondary N) is 1. The third-order valence-electron chi connectivity index (χ3n) is 6.54. The predicted molar refractivity (Wildman–Crippen MR) is 144 cm³/mol. The van der Waals surface area contributed by atoms with Gasteiger partial charge in [-0.25, -0.2) is 43.3 Å². The van der Waals surface area contributed by atoms with Gasteiger partial charge < -0.3 is 15.3 Å². The highest BCUT2D eigenvalue weighted by Crippen LogP contribution is 2.42. The maximum absolute atomic E-state index is 14.5. The fraction of sp³-hybridized carbons (Fsp3) is 0.214. The van der Waals surface area contributed by atoms with Crippen molar-refractivity contribution in [1.29, 1.82) is 0 Å². The fourth-order valence-electron chi connectivity index (χ4n) is 4.37. The molecule has 0 bridgehead atoms. The number of aromatic nitrogens is 4. The number of carboxylic acids is 1. The van der Waals surface area contributed by atoms with E-state index in [9.17, 15) is 23.1 Å². The summed E-state index contributed by atoms with van der Waals surface area (Å²) >= 11 is 0. The van der Waals surface area contributed by atoms with Crippen LogP contribution in [-0.2, 0) is 10.4 Å². The van der Waals surface area contributed by atoms with Crippen molar-refractivity contribution in [3.63, 3.8) is 0 Å². The van der Waals surface area contributed by atoms with E-state index in [1.54, 1.807) is 37.3 Å². The number of hydrogen-bond acceptors (Lipinski definition) is 10. The first-order valence-electron chi connectivity index (χ1n) is 12.5. The van der Waals surface area contributed by atoms with E-state index in [0.717, 1.165) is 30.9 Å². The van der Waals surface area contributed by atoms with Crippen LogP contribution in [0.15, 0.2) is 78.6 Å². The second kappa shape index (κ2) is 13.2. The summed E-state index contributed by atoms with van der Waals surface area (Å²) in [5.41, 5.74) is 1.39. The second-order valence-electron chi connectivity index (χ2n) is 9.20. The molecule has 1 aliphatic rings. The second-order valence-corrected chi connectivity index (χ2v) is 9.20. The molecular formula is C28H26F3N7O4. The number of halogens is 3. The van der Waals surface area contributed by atoms with Crippen LogP contribution in [0, 0.1) is 17.5 Å². The van der Waals surface area contributed by atoms with Gasteiger partial charge in [0.2, 0.25) is 0 Å². The molecule has 5 rings (SSSR count). The van der Waals surface area contributed by atoms with Crippen molar-refractivity contribution in [3.8, 4) is 11.3 Å². The van der Waals surface area contributed by atoms with Crippen LogP contribution >= 0.6 is 0 Å². The fourth-order valence-corrected chi connectivity index (χ4v) is 4.37. The van der Waals surface area contributed by atoms with E-state index < -0.39 is 41.0 Å². The van der Waals surface area contributed by atoms with Gasteiger partial charge in [-0.1, -0.05) is 43.3 Å². The van der Waals surface area contributed by atoms with Crippen LogP contribution in [0.5, 0.6) is 0 Å². The Bertz CT molecular complexity index is 1560. The number of aliphatic imine (C=N–C) groups is 1. The van der Waals surface area contributed by atoms with Gasteiger partial charge in [0.15, 0.2) is 17.7 Å². The summed E-state index contributed by atoms with van der Waals surface area (Å²) in [5, 5.41) is 30.9. The lowest BCUT2D eigenvalue weighted by atomic mass is 9.77.